The van der Waals surface area contributed by atoms with Crippen LogP contribution in [0.4, 0.5) is 0 Å². The summed E-state index contributed by atoms with van der Waals surface area (Å²) >= 11 is 6.26. The Bertz CT molecular complexity index is 994. The molecule has 0 saturated carbocycles. The number of para-hydroxylation sites is 1. The van der Waals surface area contributed by atoms with Crippen LogP contribution in [0.2, 0.25) is 5.02 Å². The van der Waals surface area contributed by atoms with E-state index in [4.69, 9.17) is 21.1 Å². The smallest absolute Gasteiger partial charge is 0.294 e. The van der Waals surface area contributed by atoms with Gasteiger partial charge in [-0.25, -0.2) is 0 Å². The normalized spacial score (nSPS) is 10.3. The molecule has 0 saturated heterocycles. The first-order valence-corrected chi connectivity index (χ1v) is 9.40. The maximum Gasteiger partial charge on any atom is 0.294 e. The van der Waals surface area contributed by atoms with Crippen molar-refractivity contribution in [1.82, 2.24) is 15.1 Å². The van der Waals surface area contributed by atoms with Crippen molar-refractivity contribution >= 4 is 24.0 Å². The number of methoxy groups -OCH3 is 1. The molecule has 3 rings (SSSR count). The van der Waals surface area contributed by atoms with Gasteiger partial charge in [-0.2, -0.15) is 9.78 Å². The van der Waals surface area contributed by atoms with Crippen molar-refractivity contribution in [2.75, 3.05) is 13.7 Å². The highest BCUT2D eigenvalue weighted by molar-refractivity contribution is 6.31. The Labute approximate surface area is 180 Å². The number of aromatic nitrogens is 2. The van der Waals surface area contributed by atoms with Gasteiger partial charge in [-0.3, -0.25) is 4.79 Å². The predicted octanol–water partition coefficient (Wildman–Crippen LogP) is 4.61. The van der Waals surface area contributed by atoms with Gasteiger partial charge in [-0.05, 0) is 42.8 Å². The van der Waals surface area contributed by atoms with Crippen LogP contribution in [-0.4, -0.2) is 23.4 Å². The summed E-state index contributed by atoms with van der Waals surface area (Å²) < 4.78 is 12.5. The molecule has 0 fully saturated rings. The van der Waals surface area contributed by atoms with Gasteiger partial charge in [0.1, 0.15) is 0 Å². The van der Waals surface area contributed by atoms with Crippen molar-refractivity contribution in [3.63, 3.8) is 0 Å². The van der Waals surface area contributed by atoms with Crippen LogP contribution in [0.1, 0.15) is 18.9 Å². The molecule has 29 heavy (non-hydrogen) atoms. The highest BCUT2D eigenvalue weighted by Gasteiger charge is 2.15. The van der Waals surface area contributed by atoms with E-state index >= 15 is 0 Å². The number of nitrogens with one attached hydrogen (secondary N) is 1. The molecule has 0 unspecified atom stereocenters. The fourth-order valence-corrected chi connectivity index (χ4v) is 2.84. The van der Waals surface area contributed by atoms with Crippen molar-refractivity contribution in [3.8, 4) is 22.9 Å². The molecular weight excluding hydrogens is 413 g/mol. The zero-order chi connectivity index (χ0) is 19.9. The van der Waals surface area contributed by atoms with Crippen LogP contribution in [0.15, 0.2) is 59.5 Å². The maximum absolute atomic E-state index is 12.6. The average molecular weight is 436 g/mol. The SMILES string of the molecule is CCCNCc1ccc(Oc2cnn(-c3ccccc3)c(=O)c2Cl)c(OC)c1.Cl. The lowest BCUT2D eigenvalue weighted by atomic mass is 10.2. The standard InChI is InChI=1S/C21H22ClN3O3.ClH/c1-3-11-23-13-15-9-10-17(18(12-15)27-2)28-19-14-24-25(21(26)20(19)22)16-7-5-4-6-8-16;/h4-10,12,14,23H,3,11,13H2,1-2H3;1H. The monoisotopic (exact) mass is 435 g/mol. The Hall–Kier alpha value is -2.54. The van der Waals surface area contributed by atoms with Crippen molar-refractivity contribution in [2.24, 2.45) is 0 Å². The van der Waals surface area contributed by atoms with E-state index in [1.165, 1.54) is 10.9 Å². The lowest BCUT2D eigenvalue weighted by Crippen LogP contribution is -2.21. The molecule has 0 amide bonds. The molecule has 1 heterocycles. The minimum absolute atomic E-state index is 0. The second-order valence-corrected chi connectivity index (χ2v) is 6.52. The van der Waals surface area contributed by atoms with Crippen molar-refractivity contribution in [1.29, 1.82) is 0 Å². The molecule has 0 aliphatic carbocycles. The topological polar surface area (TPSA) is 65.4 Å². The summed E-state index contributed by atoms with van der Waals surface area (Å²) in [5.74, 6) is 1.19. The summed E-state index contributed by atoms with van der Waals surface area (Å²) in [6, 6.07) is 14.7. The van der Waals surface area contributed by atoms with Gasteiger partial charge >= 0.3 is 0 Å². The van der Waals surface area contributed by atoms with Crippen LogP contribution in [0.5, 0.6) is 17.2 Å². The summed E-state index contributed by atoms with van der Waals surface area (Å²) in [6.45, 7) is 3.80. The van der Waals surface area contributed by atoms with E-state index in [1.54, 1.807) is 25.3 Å². The van der Waals surface area contributed by atoms with Crippen LogP contribution in [0.3, 0.4) is 0 Å². The van der Waals surface area contributed by atoms with Crippen LogP contribution >= 0.6 is 24.0 Å². The number of hydrogen-bond donors (Lipinski definition) is 1. The van der Waals surface area contributed by atoms with Gasteiger partial charge in [0, 0.05) is 6.54 Å². The zero-order valence-corrected chi connectivity index (χ0v) is 17.8. The highest BCUT2D eigenvalue weighted by atomic mass is 35.5. The molecular formula is C21H23Cl2N3O3. The minimum Gasteiger partial charge on any atom is -0.493 e. The van der Waals surface area contributed by atoms with Gasteiger partial charge in [0.25, 0.3) is 5.56 Å². The number of nitrogens with zero attached hydrogens (tertiary/aromatic N) is 2. The van der Waals surface area contributed by atoms with Gasteiger partial charge in [-0.15, -0.1) is 12.4 Å². The number of rotatable bonds is 8. The van der Waals surface area contributed by atoms with Crippen molar-refractivity contribution in [2.45, 2.75) is 19.9 Å². The Balaban J connectivity index is 0.00000300. The molecule has 0 bridgehead atoms. The second-order valence-electron chi connectivity index (χ2n) is 6.14. The maximum atomic E-state index is 12.6. The Morgan fingerprint density at radius 3 is 2.55 bits per heavy atom. The van der Waals surface area contributed by atoms with E-state index in [2.05, 4.69) is 17.3 Å². The van der Waals surface area contributed by atoms with Gasteiger partial charge in [0.2, 0.25) is 0 Å². The third-order valence-electron chi connectivity index (χ3n) is 4.09. The van der Waals surface area contributed by atoms with Crippen LogP contribution in [0, 0.1) is 0 Å². The Kier molecular flexibility index (Phi) is 8.51. The Morgan fingerprint density at radius 1 is 1.10 bits per heavy atom. The van der Waals surface area contributed by atoms with E-state index in [0.717, 1.165) is 25.1 Å². The van der Waals surface area contributed by atoms with Crippen LogP contribution in [0.25, 0.3) is 5.69 Å². The van der Waals surface area contributed by atoms with Gasteiger partial charge in [0.15, 0.2) is 22.3 Å². The first-order chi connectivity index (χ1) is 13.6. The lowest BCUT2D eigenvalue weighted by molar-refractivity contribution is 0.377. The van der Waals surface area contributed by atoms with E-state index in [9.17, 15) is 4.79 Å². The van der Waals surface area contributed by atoms with E-state index < -0.39 is 5.56 Å². The molecule has 8 heteroatoms. The first-order valence-electron chi connectivity index (χ1n) is 9.02. The quantitative estimate of drug-likeness (QED) is 0.523. The average Bonchev–Trinajstić information content (AvgIpc) is 2.73. The fraction of sp³-hybridized carbons (Fsp3) is 0.238. The molecule has 0 atom stereocenters. The zero-order valence-electron chi connectivity index (χ0n) is 16.2. The molecule has 2 aromatic carbocycles. The number of halogens is 2. The molecule has 0 spiro atoms. The molecule has 6 nitrogen and oxygen atoms in total. The molecule has 3 aromatic rings. The molecule has 154 valence electrons. The minimum atomic E-state index is -0.454. The Morgan fingerprint density at radius 2 is 1.86 bits per heavy atom. The number of hydrogen-bond acceptors (Lipinski definition) is 5. The number of ether oxygens (including phenoxy) is 2. The molecule has 0 aliphatic rings. The summed E-state index contributed by atoms with van der Waals surface area (Å²) in [5.41, 5.74) is 1.24. The molecule has 0 radical (unpaired) electrons. The highest BCUT2D eigenvalue weighted by Crippen LogP contribution is 2.34. The summed E-state index contributed by atoms with van der Waals surface area (Å²) in [7, 11) is 1.57. The molecule has 1 aromatic heterocycles. The fourth-order valence-electron chi connectivity index (χ4n) is 2.68. The van der Waals surface area contributed by atoms with Gasteiger partial charge in [0.05, 0.1) is 19.0 Å². The largest absolute Gasteiger partial charge is 0.493 e. The van der Waals surface area contributed by atoms with Crippen LogP contribution in [-0.2, 0) is 6.54 Å². The van der Waals surface area contributed by atoms with E-state index in [0.29, 0.717) is 17.2 Å². The van der Waals surface area contributed by atoms with Crippen LogP contribution < -0.4 is 20.3 Å². The van der Waals surface area contributed by atoms with Gasteiger partial charge < -0.3 is 14.8 Å². The predicted molar refractivity (Wildman–Crippen MR) is 117 cm³/mol. The molecule has 0 aliphatic heterocycles. The first kappa shape index (κ1) is 22.7. The summed E-state index contributed by atoms with van der Waals surface area (Å²) in [6.07, 6.45) is 2.49. The second kappa shape index (κ2) is 10.9. The third-order valence-corrected chi connectivity index (χ3v) is 4.44. The van der Waals surface area contributed by atoms with E-state index in [1.807, 2.05) is 30.3 Å². The summed E-state index contributed by atoms with van der Waals surface area (Å²) in [4.78, 5) is 12.6. The van der Waals surface area contributed by atoms with Gasteiger partial charge in [-0.1, -0.05) is 42.8 Å². The van der Waals surface area contributed by atoms with E-state index in [-0.39, 0.29) is 23.2 Å². The lowest BCUT2D eigenvalue weighted by Gasteiger charge is -2.13. The third kappa shape index (κ3) is 5.50. The summed E-state index contributed by atoms with van der Waals surface area (Å²) in [5, 5.41) is 7.46. The van der Waals surface area contributed by atoms with Crippen molar-refractivity contribution < 1.29 is 9.47 Å². The van der Waals surface area contributed by atoms with Crippen molar-refractivity contribution in [3.05, 3.63) is 75.7 Å². The number of benzene rings is 2. The molecule has 1 N–H and O–H groups in total.